The van der Waals surface area contributed by atoms with Gasteiger partial charge in [0.1, 0.15) is 0 Å². The molecule has 0 heterocycles. The maximum atomic E-state index is 11.3. The lowest BCUT2D eigenvalue weighted by Gasteiger charge is -2.21. The number of aliphatic carboxylic acids is 1. The highest BCUT2D eigenvalue weighted by molar-refractivity contribution is 5.77. The number of carboxylic acids is 1. The van der Waals surface area contributed by atoms with Crippen LogP contribution in [-0.4, -0.2) is 5.97 Å². The van der Waals surface area contributed by atoms with Crippen molar-refractivity contribution in [2.45, 2.75) is 19.9 Å². The van der Waals surface area contributed by atoms with Crippen molar-refractivity contribution in [2.75, 3.05) is 5.32 Å². The number of carbonyl (C=O) groups excluding carboxylic acids is 1. The van der Waals surface area contributed by atoms with Crippen LogP contribution in [0.2, 0.25) is 0 Å². The number of carbonyl (C=O) groups is 1. The first-order chi connectivity index (χ1) is 9.06. The minimum absolute atomic E-state index is 0.686. The Bertz CT molecular complexity index is 558. The molecule has 0 aliphatic heterocycles. The van der Waals surface area contributed by atoms with Crippen molar-refractivity contribution < 1.29 is 9.90 Å². The first-order valence-electron chi connectivity index (χ1n) is 6.17. The molecular weight excluding hydrogens is 238 g/mol. The zero-order chi connectivity index (χ0) is 13.8. The van der Waals surface area contributed by atoms with E-state index < -0.39 is 12.0 Å². The van der Waals surface area contributed by atoms with E-state index in [1.54, 1.807) is 12.1 Å². The van der Waals surface area contributed by atoms with Crippen LogP contribution in [0.5, 0.6) is 0 Å². The van der Waals surface area contributed by atoms with Crippen LogP contribution in [0.4, 0.5) is 5.69 Å². The molecule has 0 bridgehead atoms. The van der Waals surface area contributed by atoms with Crippen LogP contribution >= 0.6 is 0 Å². The number of nitrogens with one attached hydrogen (secondary N) is 1. The molecule has 1 atom stereocenters. The fourth-order valence-corrected chi connectivity index (χ4v) is 1.85. The van der Waals surface area contributed by atoms with Crippen molar-refractivity contribution >= 4 is 11.7 Å². The third kappa shape index (κ3) is 3.35. The lowest BCUT2D eigenvalue weighted by molar-refractivity contribution is -0.307. The molecule has 0 spiro atoms. The highest BCUT2D eigenvalue weighted by atomic mass is 16.4. The monoisotopic (exact) mass is 254 g/mol. The molecule has 0 saturated carbocycles. The first-order valence-corrected chi connectivity index (χ1v) is 6.17. The Labute approximate surface area is 112 Å². The first kappa shape index (κ1) is 13.1. The highest BCUT2D eigenvalue weighted by Gasteiger charge is 2.12. The van der Waals surface area contributed by atoms with Crippen LogP contribution in [0, 0.1) is 13.8 Å². The topological polar surface area (TPSA) is 52.2 Å². The molecule has 0 aromatic heterocycles. The molecule has 3 heteroatoms. The summed E-state index contributed by atoms with van der Waals surface area (Å²) in [4.78, 5) is 11.3. The average molecular weight is 254 g/mol. The standard InChI is InChI=1S/C16H17NO2/c1-11-3-7-13(8-4-11)15(16(18)19)17-14-9-5-12(2)6-10-14/h3-10,15,17H,1-2H3,(H,18,19)/p-1/t15-/m1/s1. The van der Waals surface area contributed by atoms with Gasteiger partial charge in [0.25, 0.3) is 0 Å². The van der Waals surface area contributed by atoms with Gasteiger partial charge in [-0.2, -0.15) is 0 Å². The molecule has 2 rings (SSSR count). The van der Waals surface area contributed by atoms with E-state index in [9.17, 15) is 9.90 Å². The predicted octanol–water partition coefficient (Wildman–Crippen LogP) is 2.21. The van der Waals surface area contributed by atoms with Gasteiger partial charge < -0.3 is 15.2 Å². The van der Waals surface area contributed by atoms with Gasteiger partial charge in [-0.3, -0.25) is 0 Å². The summed E-state index contributed by atoms with van der Waals surface area (Å²) >= 11 is 0. The molecule has 2 aromatic rings. The van der Waals surface area contributed by atoms with Crippen LogP contribution in [0.3, 0.4) is 0 Å². The second kappa shape index (κ2) is 5.57. The normalized spacial score (nSPS) is 11.9. The van der Waals surface area contributed by atoms with Gasteiger partial charge in [0.2, 0.25) is 0 Å². The molecule has 98 valence electrons. The third-order valence-electron chi connectivity index (χ3n) is 3.01. The third-order valence-corrected chi connectivity index (χ3v) is 3.01. The zero-order valence-corrected chi connectivity index (χ0v) is 11.0. The molecule has 0 aliphatic rings. The fourth-order valence-electron chi connectivity index (χ4n) is 1.85. The Morgan fingerprint density at radius 3 is 1.89 bits per heavy atom. The molecule has 1 N–H and O–H groups in total. The van der Waals surface area contributed by atoms with Crippen LogP contribution in [0.25, 0.3) is 0 Å². The van der Waals surface area contributed by atoms with Crippen LogP contribution in [0.15, 0.2) is 48.5 Å². The number of anilines is 1. The minimum atomic E-state index is -1.13. The van der Waals surface area contributed by atoms with E-state index >= 15 is 0 Å². The quantitative estimate of drug-likeness (QED) is 0.910. The average Bonchev–Trinajstić information content (AvgIpc) is 2.39. The molecule has 3 nitrogen and oxygen atoms in total. The summed E-state index contributed by atoms with van der Waals surface area (Å²) in [5.41, 5.74) is 3.67. The van der Waals surface area contributed by atoms with E-state index in [1.807, 2.05) is 50.2 Å². The lowest BCUT2D eigenvalue weighted by Crippen LogP contribution is -2.34. The van der Waals surface area contributed by atoms with Crippen molar-refractivity contribution in [1.82, 2.24) is 0 Å². The molecule has 0 fully saturated rings. The SMILES string of the molecule is Cc1ccc(N[C@@H](C(=O)[O-])c2ccc(C)cc2)cc1. The number of aryl methyl sites for hydroxylation is 2. The van der Waals surface area contributed by atoms with Gasteiger partial charge >= 0.3 is 0 Å². The Balaban J connectivity index is 2.23. The van der Waals surface area contributed by atoms with Crippen molar-refractivity contribution in [3.8, 4) is 0 Å². The van der Waals surface area contributed by atoms with E-state index in [4.69, 9.17) is 0 Å². The van der Waals surface area contributed by atoms with Gasteiger partial charge in [-0.1, -0.05) is 47.5 Å². The summed E-state index contributed by atoms with van der Waals surface area (Å²) in [7, 11) is 0. The predicted molar refractivity (Wildman–Crippen MR) is 73.7 cm³/mol. The Morgan fingerprint density at radius 2 is 1.42 bits per heavy atom. The maximum Gasteiger partial charge on any atom is 0.0912 e. The molecule has 0 aliphatic carbocycles. The van der Waals surface area contributed by atoms with Crippen molar-refractivity contribution in [3.63, 3.8) is 0 Å². The van der Waals surface area contributed by atoms with Crippen LogP contribution < -0.4 is 10.4 Å². The molecule has 0 saturated heterocycles. The van der Waals surface area contributed by atoms with Crippen molar-refractivity contribution in [1.29, 1.82) is 0 Å². The van der Waals surface area contributed by atoms with Gasteiger partial charge in [-0.05, 0) is 31.5 Å². The second-order valence-corrected chi connectivity index (χ2v) is 4.67. The molecule has 19 heavy (non-hydrogen) atoms. The van der Waals surface area contributed by atoms with Gasteiger partial charge in [0.15, 0.2) is 0 Å². The summed E-state index contributed by atoms with van der Waals surface area (Å²) in [6.07, 6.45) is 0. The molecular formula is C16H16NO2-. The number of benzene rings is 2. The van der Waals surface area contributed by atoms with Crippen LogP contribution in [-0.2, 0) is 4.79 Å². The van der Waals surface area contributed by atoms with E-state index in [-0.39, 0.29) is 0 Å². The van der Waals surface area contributed by atoms with E-state index in [0.717, 1.165) is 16.8 Å². The largest absolute Gasteiger partial charge is 0.548 e. The van der Waals surface area contributed by atoms with E-state index in [2.05, 4.69) is 5.32 Å². The maximum absolute atomic E-state index is 11.3. The van der Waals surface area contributed by atoms with E-state index in [1.165, 1.54) is 0 Å². The fraction of sp³-hybridized carbons (Fsp3) is 0.188. The smallest absolute Gasteiger partial charge is 0.0912 e. The van der Waals surface area contributed by atoms with Crippen molar-refractivity contribution in [2.24, 2.45) is 0 Å². The summed E-state index contributed by atoms with van der Waals surface area (Å²) in [5, 5.41) is 14.3. The molecule has 0 amide bonds. The number of rotatable bonds is 4. The highest BCUT2D eigenvalue weighted by Crippen LogP contribution is 2.20. The summed E-state index contributed by atoms with van der Waals surface area (Å²) in [6, 6.07) is 14.1. The number of hydrogen-bond donors (Lipinski definition) is 1. The Kier molecular flexibility index (Phi) is 3.85. The molecule has 0 unspecified atom stereocenters. The summed E-state index contributed by atoms with van der Waals surface area (Å²) in [6.45, 7) is 3.95. The second-order valence-electron chi connectivity index (χ2n) is 4.67. The number of hydrogen-bond acceptors (Lipinski definition) is 3. The van der Waals surface area contributed by atoms with E-state index in [0.29, 0.717) is 5.56 Å². The minimum Gasteiger partial charge on any atom is -0.548 e. The van der Waals surface area contributed by atoms with Crippen molar-refractivity contribution in [3.05, 3.63) is 65.2 Å². The Hall–Kier alpha value is -2.29. The summed E-state index contributed by atoms with van der Waals surface area (Å²) in [5.74, 6) is -1.13. The van der Waals surface area contributed by atoms with Gasteiger partial charge in [-0.15, -0.1) is 0 Å². The van der Waals surface area contributed by atoms with Crippen LogP contribution in [0.1, 0.15) is 22.7 Å². The Morgan fingerprint density at radius 1 is 0.947 bits per heavy atom. The lowest BCUT2D eigenvalue weighted by atomic mass is 10.0. The van der Waals surface area contributed by atoms with Gasteiger partial charge in [0, 0.05) is 5.69 Å². The summed E-state index contributed by atoms with van der Waals surface area (Å²) < 4.78 is 0. The molecule has 0 radical (unpaired) electrons. The van der Waals surface area contributed by atoms with Gasteiger partial charge in [-0.25, -0.2) is 0 Å². The number of carboxylic acid groups (broad SMARTS) is 1. The zero-order valence-electron chi connectivity index (χ0n) is 11.0. The van der Waals surface area contributed by atoms with Gasteiger partial charge in [0.05, 0.1) is 12.0 Å². The molecule has 2 aromatic carbocycles.